The van der Waals surface area contributed by atoms with Crippen LogP contribution in [0.3, 0.4) is 0 Å². The van der Waals surface area contributed by atoms with Crippen molar-refractivity contribution in [3.05, 3.63) is 53.8 Å². The zero-order valence-electron chi connectivity index (χ0n) is 16.3. The molecule has 1 aliphatic heterocycles. The quantitative estimate of drug-likeness (QED) is 0.636. The number of hydrogen-bond acceptors (Lipinski definition) is 5. The highest BCUT2D eigenvalue weighted by Crippen LogP contribution is 2.30. The second-order valence-corrected chi connectivity index (χ2v) is 9.42. The molecule has 0 amide bonds. The van der Waals surface area contributed by atoms with E-state index in [9.17, 15) is 12.8 Å². The van der Waals surface area contributed by atoms with E-state index in [1.807, 2.05) is 6.92 Å². The fourth-order valence-electron chi connectivity index (χ4n) is 3.41. The van der Waals surface area contributed by atoms with Crippen LogP contribution >= 0.6 is 0 Å². The Kier molecular flexibility index (Phi) is 5.23. The van der Waals surface area contributed by atoms with Gasteiger partial charge in [0.25, 0.3) is 0 Å². The van der Waals surface area contributed by atoms with Crippen molar-refractivity contribution < 1.29 is 17.2 Å². The molecule has 1 aliphatic rings. The fraction of sp³-hybridized carbons (Fsp3) is 0.333. The van der Waals surface area contributed by atoms with Crippen molar-refractivity contribution in [2.24, 2.45) is 5.92 Å². The van der Waals surface area contributed by atoms with Gasteiger partial charge in [0.15, 0.2) is 0 Å². The number of benzene rings is 2. The highest BCUT2D eigenvalue weighted by Gasteiger charge is 2.29. The fourth-order valence-corrected chi connectivity index (χ4v) is 4.90. The molecule has 152 valence electrons. The summed E-state index contributed by atoms with van der Waals surface area (Å²) >= 11 is 0. The molecule has 29 heavy (non-hydrogen) atoms. The first-order chi connectivity index (χ1) is 13.8. The summed E-state index contributed by atoms with van der Waals surface area (Å²) in [6.45, 7) is 5.06. The Morgan fingerprint density at radius 2 is 1.69 bits per heavy atom. The first-order valence-corrected chi connectivity index (χ1v) is 11.0. The molecule has 1 saturated heterocycles. The Balaban J connectivity index is 1.66. The number of aryl methyl sites for hydroxylation is 1. The van der Waals surface area contributed by atoms with E-state index in [0.29, 0.717) is 30.1 Å². The maximum atomic E-state index is 13.1. The minimum atomic E-state index is -3.58. The van der Waals surface area contributed by atoms with Crippen molar-refractivity contribution in [3.8, 4) is 22.9 Å². The molecule has 0 spiro atoms. The first-order valence-electron chi connectivity index (χ1n) is 9.55. The van der Waals surface area contributed by atoms with Gasteiger partial charge < -0.3 is 4.42 Å². The maximum absolute atomic E-state index is 13.1. The molecular formula is C21H22FN3O3S. The monoisotopic (exact) mass is 415 g/mol. The van der Waals surface area contributed by atoms with Gasteiger partial charge in [0.2, 0.25) is 21.8 Å². The molecule has 1 aromatic heterocycles. The van der Waals surface area contributed by atoms with Gasteiger partial charge in [0, 0.05) is 24.2 Å². The SMILES string of the molecule is Cc1ccc(S(=O)(=O)N2CCC(C)CC2)cc1-c1nnc(-c2ccc(F)cc2)o1. The molecule has 0 unspecified atom stereocenters. The Bertz CT molecular complexity index is 1120. The Hall–Kier alpha value is -2.58. The van der Waals surface area contributed by atoms with E-state index >= 15 is 0 Å². The summed E-state index contributed by atoms with van der Waals surface area (Å²) in [5.41, 5.74) is 1.98. The lowest BCUT2D eigenvalue weighted by Gasteiger charge is -2.29. The second kappa shape index (κ2) is 7.68. The van der Waals surface area contributed by atoms with Gasteiger partial charge in [-0.3, -0.25) is 0 Å². The lowest BCUT2D eigenvalue weighted by molar-refractivity contribution is 0.288. The molecule has 0 atom stereocenters. The molecule has 8 heteroatoms. The lowest BCUT2D eigenvalue weighted by atomic mass is 10.0. The second-order valence-electron chi connectivity index (χ2n) is 7.48. The third-order valence-electron chi connectivity index (χ3n) is 5.34. The molecule has 0 N–H and O–H groups in total. The highest BCUT2D eigenvalue weighted by atomic mass is 32.2. The third kappa shape index (κ3) is 3.95. The largest absolute Gasteiger partial charge is 0.416 e. The summed E-state index contributed by atoms with van der Waals surface area (Å²) in [6.07, 6.45) is 1.73. The zero-order valence-corrected chi connectivity index (χ0v) is 17.1. The predicted octanol–water partition coefficient (Wildman–Crippen LogP) is 4.27. The normalized spacial score (nSPS) is 16.2. The van der Waals surface area contributed by atoms with Crippen LogP contribution in [0.1, 0.15) is 25.3 Å². The van der Waals surface area contributed by atoms with Crippen LogP contribution < -0.4 is 0 Å². The van der Waals surface area contributed by atoms with Crippen molar-refractivity contribution in [2.45, 2.75) is 31.6 Å². The first kappa shape index (κ1) is 19.7. The van der Waals surface area contributed by atoms with E-state index in [1.54, 1.807) is 34.6 Å². The minimum absolute atomic E-state index is 0.217. The maximum Gasteiger partial charge on any atom is 0.248 e. The van der Waals surface area contributed by atoms with E-state index in [0.717, 1.165) is 18.4 Å². The number of sulfonamides is 1. The van der Waals surface area contributed by atoms with Crippen LogP contribution in [0.2, 0.25) is 0 Å². The Morgan fingerprint density at radius 1 is 1.03 bits per heavy atom. The molecule has 0 radical (unpaired) electrons. The van der Waals surface area contributed by atoms with Gasteiger partial charge in [-0.2, -0.15) is 4.31 Å². The average molecular weight is 415 g/mol. The number of halogens is 1. The third-order valence-corrected chi connectivity index (χ3v) is 7.23. The molecule has 0 aliphatic carbocycles. The lowest BCUT2D eigenvalue weighted by Crippen LogP contribution is -2.37. The summed E-state index contributed by atoms with van der Waals surface area (Å²) in [6, 6.07) is 10.7. The molecule has 2 heterocycles. The summed E-state index contributed by atoms with van der Waals surface area (Å²) < 4.78 is 46.6. The molecule has 3 aromatic rings. The van der Waals surface area contributed by atoms with Crippen molar-refractivity contribution in [1.29, 1.82) is 0 Å². The molecule has 1 fully saturated rings. The molecule has 6 nitrogen and oxygen atoms in total. The van der Waals surface area contributed by atoms with E-state index in [1.165, 1.54) is 12.1 Å². The summed E-state index contributed by atoms with van der Waals surface area (Å²) in [5.74, 6) is 0.663. The Morgan fingerprint density at radius 3 is 2.38 bits per heavy atom. The van der Waals surface area contributed by atoms with E-state index in [2.05, 4.69) is 17.1 Å². The van der Waals surface area contributed by atoms with Crippen LogP contribution in [-0.2, 0) is 10.0 Å². The van der Waals surface area contributed by atoms with Gasteiger partial charge in [-0.1, -0.05) is 13.0 Å². The van der Waals surface area contributed by atoms with E-state index < -0.39 is 10.0 Å². The standard InChI is InChI=1S/C21H22FN3O3S/c1-14-9-11-25(12-10-14)29(26,27)18-8-3-15(2)19(13-18)21-24-23-20(28-21)16-4-6-17(22)7-5-16/h3-8,13-14H,9-12H2,1-2H3. The van der Waals surface area contributed by atoms with Gasteiger partial charge in [-0.05, 0) is 67.6 Å². The summed E-state index contributed by atoms with van der Waals surface area (Å²) in [4.78, 5) is 0.217. The minimum Gasteiger partial charge on any atom is -0.416 e. The topological polar surface area (TPSA) is 76.3 Å². The van der Waals surface area contributed by atoms with Gasteiger partial charge in [-0.15, -0.1) is 10.2 Å². The van der Waals surface area contributed by atoms with E-state index in [4.69, 9.17) is 4.42 Å². The summed E-state index contributed by atoms with van der Waals surface area (Å²) in [7, 11) is -3.58. The van der Waals surface area contributed by atoms with Crippen LogP contribution in [0.15, 0.2) is 51.8 Å². The van der Waals surface area contributed by atoms with Gasteiger partial charge in [-0.25, -0.2) is 12.8 Å². The van der Waals surface area contributed by atoms with E-state index in [-0.39, 0.29) is 22.5 Å². The van der Waals surface area contributed by atoms with Crippen LogP contribution in [0.5, 0.6) is 0 Å². The molecular weight excluding hydrogens is 393 g/mol. The molecule has 4 rings (SSSR count). The predicted molar refractivity (Wildman–Crippen MR) is 107 cm³/mol. The zero-order chi connectivity index (χ0) is 20.6. The number of piperidine rings is 1. The Labute approximate surface area is 169 Å². The van der Waals surface area contributed by atoms with Crippen molar-refractivity contribution in [2.75, 3.05) is 13.1 Å². The van der Waals surface area contributed by atoms with Crippen LogP contribution in [0, 0.1) is 18.7 Å². The van der Waals surface area contributed by atoms with Crippen LogP contribution in [-0.4, -0.2) is 36.0 Å². The average Bonchev–Trinajstić information content (AvgIpc) is 3.19. The van der Waals surface area contributed by atoms with Crippen molar-refractivity contribution in [1.82, 2.24) is 14.5 Å². The van der Waals surface area contributed by atoms with Gasteiger partial charge >= 0.3 is 0 Å². The molecule has 0 bridgehead atoms. The highest BCUT2D eigenvalue weighted by molar-refractivity contribution is 7.89. The van der Waals surface area contributed by atoms with Crippen LogP contribution in [0.25, 0.3) is 22.9 Å². The van der Waals surface area contributed by atoms with Gasteiger partial charge in [0.1, 0.15) is 5.82 Å². The van der Waals surface area contributed by atoms with Gasteiger partial charge in [0.05, 0.1) is 4.90 Å². The number of hydrogen-bond donors (Lipinski definition) is 0. The molecule has 0 saturated carbocycles. The van der Waals surface area contributed by atoms with Crippen molar-refractivity contribution >= 4 is 10.0 Å². The smallest absolute Gasteiger partial charge is 0.248 e. The number of aromatic nitrogens is 2. The van der Waals surface area contributed by atoms with Crippen molar-refractivity contribution in [3.63, 3.8) is 0 Å². The van der Waals surface area contributed by atoms with Crippen LogP contribution in [0.4, 0.5) is 4.39 Å². The number of rotatable bonds is 4. The molecule has 2 aromatic carbocycles. The summed E-state index contributed by atoms with van der Waals surface area (Å²) in [5, 5.41) is 8.10. The number of nitrogens with zero attached hydrogens (tertiary/aromatic N) is 3.